The van der Waals surface area contributed by atoms with E-state index < -0.39 is 7.12 Å². The summed E-state index contributed by atoms with van der Waals surface area (Å²) in [5, 5.41) is 21.4. The highest BCUT2D eigenvalue weighted by Gasteiger charge is 2.37. The molecule has 1 aliphatic rings. The van der Waals surface area contributed by atoms with Crippen molar-refractivity contribution in [2.45, 2.75) is 19.3 Å². The van der Waals surface area contributed by atoms with Crippen LogP contribution in [0.1, 0.15) is 25.0 Å². The van der Waals surface area contributed by atoms with E-state index in [-0.39, 0.29) is 5.41 Å². The molecule has 22 heavy (non-hydrogen) atoms. The Hall–Kier alpha value is -2.10. The van der Waals surface area contributed by atoms with E-state index >= 15 is 0 Å². The lowest BCUT2D eigenvalue weighted by molar-refractivity contribution is 0.425. The van der Waals surface area contributed by atoms with Gasteiger partial charge in [-0.25, -0.2) is 0 Å². The molecule has 2 nitrogen and oxygen atoms in total. The lowest BCUT2D eigenvalue weighted by Crippen LogP contribution is -2.31. The van der Waals surface area contributed by atoms with Crippen LogP contribution in [0.4, 0.5) is 0 Å². The van der Waals surface area contributed by atoms with Crippen LogP contribution in [-0.4, -0.2) is 17.2 Å². The molecule has 0 radical (unpaired) electrons. The van der Waals surface area contributed by atoms with Gasteiger partial charge in [-0.05, 0) is 38.5 Å². The molecule has 0 atom stereocenters. The quantitative estimate of drug-likeness (QED) is 0.676. The largest absolute Gasteiger partial charge is 0.488 e. The molecular formula is C19H17BO2. The van der Waals surface area contributed by atoms with Gasteiger partial charge in [-0.2, -0.15) is 0 Å². The van der Waals surface area contributed by atoms with Crippen LogP contribution in [0.3, 0.4) is 0 Å². The fraction of sp³-hybridized carbons (Fsp3) is 0.158. The Balaban J connectivity index is 2.07. The van der Waals surface area contributed by atoms with Crippen molar-refractivity contribution in [3.05, 3.63) is 65.7 Å². The summed E-state index contributed by atoms with van der Waals surface area (Å²) in [6.07, 6.45) is 0. The van der Waals surface area contributed by atoms with Crippen molar-refractivity contribution < 1.29 is 10.0 Å². The van der Waals surface area contributed by atoms with Gasteiger partial charge in [-0.15, -0.1) is 0 Å². The number of rotatable bonds is 1. The molecule has 0 amide bonds. The van der Waals surface area contributed by atoms with E-state index in [0.717, 1.165) is 5.56 Å². The fourth-order valence-corrected chi connectivity index (χ4v) is 3.78. The topological polar surface area (TPSA) is 40.5 Å². The Labute approximate surface area is 130 Å². The minimum atomic E-state index is -1.43. The molecule has 4 rings (SSSR count). The van der Waals surface area contributed by atoms with Crippen LogP contribution >= 0.6 is 0 Å². The van der Waals surface area contributed by atoms with E-state index in [4.69, 9.17) is 0 Å². The number of fused-ring (bicyclic) bond motifs is 5. The molecule has 0 heterocycles. The summed E-state index contributed by atoms with van der Waals surface area (Å²) in [4.78, 5) is 0. The maximum Gasteiger partial charge on any atom is 0.488 e. The summed E-state index contributed by atoms with van der Waals surface area (Å²) in [6.45, 7) is 4.41. The van der Waals surface area contributed by atoms with Crippen molar-refractivity contribution in [3.8, 4) is 11.1 Å². The maximum atomic E-state index is 9.47. The highest BCUT2D eigenvalue weighted by molar-refractivity contribution is 6.58. The molecule has 3 aromatic rings. The first-order chi connectivity index (χ1) is 10.5. The molecule has 0 fully saturated rings. The monoisotopic (exact) mass is 288 g/mol. The van der Waals surface area contributed by atoms with Crippen molar-refractivity contribution in [2.75, 3.05) is 0 Å². The highest BCUT2D eigenvalue weighted by atomic mass is 16.4. The molecule has 0 bridgehead atoms. The van der Waals surface area contributed by atoms with Gasteiger partial charge < -0.3 is 10.0 Å². The molecule has 3 aromatic carbocycles. The maximum absolute atomic E-state index is 9.47. The van der Waals surface area contributed by atoms with E-state index in [0.29, 0.717) is 5.46 Å². The first-order valence-corrected chi connectivity index (χ1v) is 7.53. The Bertz CT molecular complexity index is 897. The summed E-state index contributed by atoms with van der Waals surface area (Å²) in [5.41, 5.74) is 5.31. The van der Waals surface area contributed by atoms with Crippen LogP contribution in [0.5, 0.6) is 0 Å². The third-order valence-corrected chi connectivity index (χ3v) is 4.86. The van der Waals surface area contributed by atoms with E-state index in [1.807, 2.05) is 12.1 Å². The molecule has 0 saturated carbocycles. The fourth-order valence-electron chi connectivity index (χ4n) is 3.78. The van der Waals surface area contributed by atoms with Gasteiger partial charge in [0, 0.05) is 5.41 Å². The average molecular weight is 288 g/mol. The van der Waals surface area contributed by atoms with Gasteiger partial charge in [0.05, 0.1) is 0 Å². The number of hydrogen-bond donors (Lipinski definition) is 2. The third-order valence-electron chi connectivity index (χ3n) is 4.86. The van der Waals surface area contributed by atoms with Gasteiger partial charge in [0.15, 0.2) is 0 Å². The van der Waals surface area contributed by atoms with Gasteiger partial charge in [-0.3, -0.25) is 0 Å². The summed E-state index contributed by atoms with van der Waals surface area (Å²) in [7, 11) is -1.43. The SMILES string of the molecule is CC1(C)c2cc(B(O)O)ccc2-c2ccc3ccccc3c21. The summed E-state index contributed by atoms with van der Waals surface area (Å²) in [6, 6.07) is 18.5. The lowest BCUT2D eigenvalue weighted by Gasteiger charge is -2.23. The van der Waals surface area contributed by atoms with Crippen molar-refractivity contribution >= 4 is 23.4 Å². The van der Waals surface area contributed by atoms with Crippen LogP contribution in [-0.2, 0) is 5.41 Å². The predicted octanol–water partition coefficient (Wildman–Crippen LogP) is 2.83. The highest BCUT2D eigenvalue weighted by Crippen LogP contribution is 2.50. The second kappa shape index (κ2) is 4.45. The molecule has 0 aliphatic heterocycles. The van der Waals surface area contributed by atoms with Crippen LogP contribution in [0.15, 0.2) is 54.6 Å². The van der Waals surface area contributed by atoms with Gasteiger partial charge in [0.2, 0.25) is 0 Å². The standard InChI is InChI=1S/C19H17BO2/c1-19(2)17-11-13(20(21)22)8-10-15(17)16-9-7-12-5-3-4-6-14(12)18(16)19/h3-11,21-22H,1-2H3. The van der Waals surface area contributed by atoms with E-state index in [2.05, 4.69) is 50.2 Å². The minimum absolute atomic E-state index is 0.156. The van der Waals surface area contributed by atoms with Crippen molar-refractivity contribution in [2.24, 2.45) is 0 Å². The Morgan fingerprint density at radius 3 is 2.36 bits per heavy atom. The van der Waals surface area contributed by atoms with Gasteiger partial charge in [0.25, 0.3) is 0 Å². The third kappa shape index (κ3) is 1.70. The summed E-state index contributed by atoms with van der Waals surface area (Å²) < 4.78 is 0. The van der Waals surface area contributed by atoms with Gasteiger partial charge in [-0.1, -0.05) is 68.4 Å². The second-order valence-corrected chi connectivity index (χ2v) is 6.51. The van der Waals surface area contributed by atoms with E-state index in [1.54, 1.807) is 6.07 Å². The zero-order valence-electron chi connectivity index (χ0n) is 12.7. The lowest BCUT2D eigenvalue weighted by atomic mass is 9.75. The molecule has 1 aliphatic carbocycles. The molecule has 0 aromatic heterocycles. The summed E-state index contributed by atoms with van der Waals surface area (Å²) >= 11 is 0. The van der Waals surface area contributed by atoms with E-state index in [9.17, 15) is 10.0 Å². The molecule has 0 unspecified atom stereocenters. The van der Waals surface area contributed by atoms with Crippen LogP contribution < -0.4 is 5.46 Å². The van der Waals surface area contributed by atoms with E-state index in [1.165, 1.54) is 27.5 Å². The van der Waals surface area contributed by atoms with Crippen LogP contribution in [0, 0.1) is 0 Å². The average Bonchev–Trinajstić information content (AvgIpc) is 2.75. The molecule has 0 saturated heterocycles. The summed E-state index contributed by atoms with van der Waals surface area (Å²) in [5.74, 6) is 0. The van der Waals surface area contributed by atoms with Crippen molar-refractivity contribution in [1.29, 1.82) is 0 Å². The Morgan fingerprint density at radius 1 is 0.864 bits per heavy atom. The molecule has 3 heteroatoms. The first kappa shape index (κ1) is 13.6. The molecule has 108 valence electrons. The van der Waals surface area contributed by atoms with Gasteiger partial charge in [0.1, 0.15) is 0 Å². The number of benzene rings is 3. The molecule has 2 N–H and O–H groups in total. The zero-order valence-corrected chi connectivity index (χ0v) is 12.7. The predicted molar refractivity (Wildman–Crippen MR) is 91.3 cm³/mol. The zero-order chi connectivity index (χ0) is 15.5. The van der Waals surface area contributed by atoms with Crippen LogP contribution in [0.25, 0.3) is 21.9 Å². The second-order valence-electron chi connectivity index (χ2n) is 6.51. The first-order valence-electron chi connectivity index (χ1n) is 7.53. The Kier molecular flexibility index (Phi) is 2.74. The van der Waals surface area contributed by atoms with Crippen molar-refractivity contribution in [3.63, 3.8) is 0 Å². The molecule has 0 spiro atoms. The Morgan fingerprint density at radius 2 is 1.59 bits per heavy atom. The minimum Gasteiger partial charge on any atom is -0.423 e. The number of hydrogen-bond acceptors (Lipinski definition) is 2. The normalized spacial score (nSPS) is 14.7. The van der Waals surface area contributed by atoms with Crippen molar-refractivity contribution in [1.82, 2.24) is 0 Å². The smallest absolute Gasteiger partial charge is 0.423 e. The van der Waals surface area contributed by atoms with Crippen LogP contribution in [0.2, 0.25) is 0 Å². The van der Waals surface area contributed by atoms with Gasteiger partial charge >= 0.3 is 7.12 Å². The molecular weight excluding hydrogens is 271 g/mol.